The third-order valence-electron chi connectivity index (χ3n) is 4.63. The number of rotatable bonds is 6. The number of anilines is 2. The fraction of sp³-hybridized carbons (Fsp3) is 0.400. The van der Waals surface area contributed by atoms with Gasteiger partial charge < -0.3 is 19.7 Å². The van der Waals surface area contributed by atoms with Crippen molar-refractivity contribution in [3.05, 3.63) is 35.7 Å². The van der Waals surface area contributed by atoms with Gasteiger partial charge in [-0.2, -0.15) is 9.97 Å². The molecule has 0 saturated carbocycles. The van der Waals surface area contributed by atoms with Gasteiger partial charge in [0.2, 0.25) is 11.8 Å². The molecule has 148 valence electrons. The highest BCUT2D eigenvalue weighted by molar-refractivity contribution is 6.03. The Labute approximate surface area is 163 Å². The maximum absolute atomic E-state index is 12.8. The molecule has 1 aliphatic heterocycles. The van der Waals surface area contributed by atoms with E-state index in [0.29, 0.717) is 36.0 Å². The van der Waals surface area contributed by atoms with Crippen LogP contribution in [-0.4, -0.2) is 42.0 Å². The molecule has 0 aliphatic carbocycles. The lowest BCUT2D eigenvalue weighted by Gasteiger charge is -2.18. The lowest BCUT2D eigenvalue weighted by atomic mass is 10.1. The summed E-state index contributed by atoms with van der Waals surface area (Å²) in [5.74, 6) is -0.109. The summed E-state index contributed by atoms with van der Waals surface area (Å²) in [7, 11) is 1.57. The highest BCUT2D eigenvalue weighted by Gasteiger charge is 2.35. The summed E-state index contributed by atoms with van der Waals surface area (Å²) in [6.45, 7) is 6.21. The second kappa shape index (κ2) is 8.24. The first-order valence-electron chi connectivity index (χ1n) is 9.16. The summed E-state index contributed by atoms with van der Waals surface area (Å²) >= 11 is 0. The topological polar surface area (TPSA) is 93.6 Å². The highest BCUT2D eigenvalue weighted by atomic mass is 16.5. The smallest absolute Gasteiger partial charge is 0.316 e. The number of ether oxygens (including phenoxy) is 2. The molecule has 3 rings (SSSR count). The van der Waals surface area contributed by atoms with Gasteiger partial charge in [-0.1, -0.05) is 6.07 Å². The third-order valence-corrected chi connectivity index (χ3v) is 4.63. The second-order valence-corrected chi connectivity index (χ2v) is 6.58. The van der Waals surface area contributed by atoms with E-state index in [-0.39, 0.29) is 24.2 Å². The molecule has 1 unspecified atom stereocenters. The van der Waals surface area contributed by atoms with Gasteiger partial charge in [0, 0.05) is 24.7 Å². The molecule has 1 aliphatic rings. The number of nitrogens with zero attached hydrogens (tertiary/aromatic N) is 3. The van der Waals surface area contributed by atoms with Crippen molar-refractivity contribution in [3.8, 4) is 11.8 Å². The number of carbonyl (C=O) groups is 2. The van der Waals surface area contributed by atoms with Crippen LogP contribution in [-0.2, 0) is 9.59 Å². The number of nitrogens with one attached hydrogen (secondary N) is 1. The first kappa shape index (κ1) is 19.6. The standard InChI is InChI=1S/C20H24N4O4/c1-5-28-20-21-12(2)18(13(3)22-20)23-19(26)14-9-17(25)24(11-14)15-7-6-8-16(10-15)27-4/h6-8,10,14H,5,9,11H2,1-4H3,(H,23,26). The lowest BCUT2D eigenvalue weighted by Crippen LogP contribution is -2.28. The number of methoxy groups -OCH3 is 1. The molecule has 1 N–H and O–H groups in total. The van der Waals surface area contributed by atoms with Crippen LogP contribution in [0.4, 0.5) is 11.4 Å². The zero-order chi connectivity index (χ0) is 20.3. The van der Waals surface area contributed by atoms with Crippen LogP contribution in [0.2, 0.25) is 0 Å². The molecule has 1 aromatic heterocycles. The molecule has 8 heteroatoms. The zero-order valence-electron chi connectivity index (χ0n) is 16.5. The number of benzene rings is 1. The second-order valence-electron chi connectivity index (χ2n) is 6.58. The van der Waals surface area contributed by atoms with E-state index >= 15 is 0 Å². The van der Waals surface area contributed by atoms with Gasteiger partial charge in [-0.15, -0.1) is 0 Å². The molecule has 1 saturated heterocycles. The SMILES string of the molecule is CCOc1nc(C)c(NC(=O)C2CC(=O)N(c3cccc(OC)c3)C2)c(C)n1. The van der Waals surface area contributed by atoms with Gasteiger partial charge >= 0.3 is 6.01 Å². The van der Waals surface area contributed by atoms with Gasteiger partial charge in [0.1, 0.15) is 5.75 Å². The molecule has 1 fully saturated rings. The Morgan fingerprint density at radius 1 is 1.29 bits per heavy atom. The Morgan fingerprint density at radius 2 is 2.00 bits per heavy atom. The summed E-state index contributed by atoms with van der Waals surface area (Å²) < 4.78 is 10.5. The van der Waals surface area contributed by atoms with E-state index < -0.39 is 5.92 Å². The van der Waals surface area contributed by atoms with Crippen LogP contribution >= 0.6 is 0 Å². The van der Waals surface area contributed by atoms with Crippen molar-refractivity contribution in [1.82, 2.24) is 9.97 Å². The predicted octanol–water partition coefficient (Wildman–Crippen LogP) is 2.49. The van der Waals surface area contributed by atoms with Crippen LogP contribution < -0.4 is 19.7 Å². The normalized spacial score (nSPS) is 16.2. The lowest BCUT2D eigenvalue weighted by molar-refractivity contribution is -0.122. The van der Waals surface area contributed by atoms with Crippen molar-refractivity contribution in [2.45, 2.75) is 27.2 Å². The maximum Gasteiger partial charge on any atom is 0.316 e. The Morgan fingerprint density at radius 3 is 2.64 bits per heavy atom. The summed E-state index contributed by atoms with van der Waals surface area (Å²) in [5.41, 5.74) is 2.52. The van der Waals surface area contributed by atoms with E-state index in [9.17, 15) is 9.59 Å². The summed E-state index contributed by atoms with van der Waals surface area (Å²) in [6, 6.07) is 7.53. The van der Waals surface area contributed by atoms with Crippen LogP contribution in [0.25, 0.3) is 0 Å². The molecule has 2 aromatic rings. The third kappa shape index (κ3) is 4.05. The van der Waals surface area contributed by atoms with Gasteiger partial charge in [0.15, 0.2) is 0 Å². The van der Waals surface area contributed by atoms with Gasteiger partial charge in [-0.3, -0.25) is 9.59 Å². The van der Waals surface area contributed by atoms with E-state index in [0.717, 1.165) is 5.69 Å². The van der Waals surface area contributed by atoms with Gasteiger partial charge in [-0.05, 0) is 32.9 Å². The Hall–Kier alpha value is -3.16. The van der Waals surface area contributed by atoms with Crippen LogP contribution in [0.1, 0.15) is 24.7 Å². The molecule has 0 bridgehead atoms. The Bertz CT molecular complexity index is 877. The molecule has 0 radical (unpaired) electrons. The van der Waals surface area contributed by atoms with E-state index in [1.807, 2.05) is 25.1 Å². The Balaban J connectivity index is 1.73. The first-order chi connectivity index (χ1) is 13.4. The molecular formula is C20H24N4O4. The molecule has 0 spiro atoms. The zero-order valence-corrected chi connectivity index (χ0v) is 16.5. The summed E-state index contributed by atoms with van der Waals surface area (Å²) in [6.07, 6.45) is 0.152. The summed E-state index contributed by atoms with van der Waals surface area (Å²) in [5, 5.41) is 2.88. The van der Waals surface area contributed by atoms with Crippen molar-refractivity contribution in [2.24, 2.45) is 5.92 Å². The van der Waals surface area contributed by atoms with Gasteiger partial charge in [0.05, 0.1) is 36.7 Å². The number of aromatic nitrogens is 2. The van der Waals surface area contributed by atoms with Crippen LogP contribution in [0.3, 0.4) is 0 Å². The van der Waals surface area contributed by atoms with E-state index in [2.05, 4.69) is 15.3 Å². The molecule has 28 heavy (non-hydrogen) atoms. The number of amides is 2. The first-order valence-corrected chi connectivity index (χ1v) is 9.16. The number of hydrogen-bond donors (Lipinski definition) is 1. The van der Waals surface area contributed by atoms with Gasteiger partial charge in [0.25, 0.3) is 0 Å². The van der Waals surface area contributed by atoms with Crippen LogP contribution in [0.5, 0.6) is 11.8 Å². The number of carbonyl (C=O) groups excluding carboxylic acids is 2. The number of hydrogen-bond acceptors (Lipinski definition) is 6. The van der Waals surface area contributed by atoms with E-state index in [4.69, 9.17) is 9.47 Å². The summed E-state index contributed by atoms with van der Waals surface area (Å²) in [4.78, 5) is 35.4. The fourth-order valence-electron chi connectivity index (χ4n) is 3.20. The van der Waals surface area contributed by atoms with Crippen molar-refractivity contribution < 1.29 is 19.1 Å². The van der Waals surface area contributed by atoms with Crippen molar-refractivity contribution in [2.75, 3.05) is 30.5 Å². The van der Waals surface area contributed by atoms with Gasteiger partial charge in [-0.25, -0.2) is 0 Å². The van der Waals surface area contributed by atoms with Crippen molar-refractivity contribution in [1.29, 1.82) is 0 Å². The minimum Gasteiger partial charge on any atom is -0.497 e. The molecule has 2 heterocycles. The predicted molar refractivity (Wildman–Crippen MR) is 105 cm³/mol. The average Bonchev–Trinajstić information content (AvgIpc) is 3.07. The van der Waals surface area contributed by atoms with Crippen molar-refractivity contribution in [3.63, 3.8) is 0 Å². The quantitative estimate of drug-likeness (QED) is 0.822. The van der Waals surface area contributed by atoms with E-state index in [1.54, 1.807) is 31.9 Å². The average molecular weight is 384 g/mol. The largest absolute Gasteiger partial charge is 0.497 e. The molecule has 1 aromatic carbocycles. The number of aryl methyl sites for hydroxylation is 2. The molecule has 8 nitrogen and oxygen atoms in total. The Kier molecular flexibility index (Phi) is 5.77. The monoisotopic (exact) mass is 384 g/mol. The van der Waals surface area contributed by atoms with Crippen molar-refractivity contribution >= 4 is 23.2 Å². The molecular weight excluding hydrogens is 360 g/mol. The van der Waals surface area contributed by atoms with E-state index in [1.165, 1.54) is 0 Å². The maximum atomic E-state index is 12.8. The minimum absolute atomic E-state index is 0.0928. The molecule has 1 atom stereocenters. The van der Waals surface area contributed by atoms with Crippen LogP contribution in [0.15, 0.2) is 24.3 Å². The minimum atomic E-state index is -0.455. The highest BCUT2D eigenvalue weighted by Crippen LogP contribution is 2.29. The van der Waals surface area contributed by atoms with Crippen LogP contribution in [0, 0.1) is 19.8 Å². The fourth-order valence-corrected chi connectivity index (χ4v) is 3.20. The molecule has 2 amide bonds.